The number of ether oxygens (including phenoxy) is 1. The standard InChI is InChI=1S/C17H18N4O2S/c18-9-19-11-7-10(8-11)16(22)21-17-20-13-5-2-6-14(15(13)24-17)23-12-3-1-4-12/h2,5-6,10-12,19H,1,3-4,7-8H2,(H,20,21,22). The van der Waals surface area contributed by atoms with Crippen LogP contribution in [0.3, 0.4) is 0 Å². The number of anilines is 1. The fourth-order valence-corrected chi connectivity index (χ4v) is 3.91. The summed E-state index contributed by atoms with van der Waals surface area (Å²) in [6, 6.07) is 5.97. The second kappa shape index (κ2) is 6.29. The quantitative estimate of drug-likeness (QED) is 0.644. The molecular weight excluding hydrogens is 324 g/mol. The van der Waals surface area contributed by atoms with E-state index >= 15 is 0 Å². The van der Waals surface area contributed by atoms with Gasteiger partial charge in [0.1, 0.15) is 5.75 Å². The first-order valence-corrected chi connectivity index (χ1v) is 9.06. The Balaban J connectivity index is 1.44. The third kappa shape index (κ3) is 2.89. The molecule has 0 unspecified atom stereocenters. The average Bonchev–Trinajstić information content (AvgIpc) is 2.89. The minimum Gasteiger partial charge on any atom is -0.489 e. The van der Waals surface area contributed by atoms with Crippen molar-refractivity contribution in [2.24, 2.45) is 5.92 Å². The number of rotatable bonds is 5. The van der Waals surface area contributed by atoms with Crippen LogP contribution < -0.4 is 15.4 Å². The van der Waals surface area contributed by atoms with Crippen LogP contribution in [0.15, 0.2) is 18.2 Å². The molecule has 2 aromatic rings. The number of hydrogen-bond donors (Lipinski definition) is 2. The zero-order chi connectivity index (χ0) is 16.5. The molecule has 0 radical (unpaired) electrons. The lowest BCUT2D eigenvalue weighted by atomic mass is 9.80. The van der Waals surface area contributed by atoms with Crippen molar-refractivity contribution in [3.8, 4) is 11.9 Å². The molecule has 124 valence electrons. The molecule has 1 amide bonds. The topological polar surface area (TPSA) is 87.0 Å². The molecule has 0 saturated heterocycles. The van der Waals surface area contributed by atoms with Gasteiger partial charge >= 0.3 is 0 Å². The number of thiazole rings is 1. The number of carbonyl (C=O) groups excluding carboxylic acids is 1. The van der Waals surface area contributed by atoms with E-state index in [-0.39, 0.29) is 17.9 Å². The maximum Gasteiger partial charge on any atom is 0.229 e. The summed E-state index contributed by atoms with van der Waals surface area (Å²) < 4.78 is 7.01. The number of fused-ring (bicyclic) bond motifs is 1. The first kappa shape index (κ1) is 15.2. The predicted octanol–water partition coefficient (Wildman–Crippen LogP) is 3.02. The summed E-state index contributed by atoms with van der Waals surface area (Å²) in [5, 5.41) is 14.8. The van der Waals surface area contributed by atoms with Crippen molar-refractivity contribution in [3.05, 3.63) is 18.2 Å². The first-order chi connectivity index (χ1) is 11.7. The molecule has 0 bridgehead atoms. The zero-order valence-corrected chi connectivity index (χ0v) is 13.9. The largest absolute Gasteiger partial charge is 0.489 e. The number of aromatic nitrogens is 1. The molecule has 6 nitrogen and oxygen atoms in total. The molecule has 0 spiro atoms. The number of carbonyl (C=O) groups is 1. The van der Waals surface area contributed by atoms with Crippen LogP contribution in [-0.2, 0) is 4.79 Å². The SMILES string of the molecule is N#CNC1CC(C(=O)Nc2nc3cccc(OC4CCC4)c3s2)C1. The lowest BCUT2D eigenvalue weighted by Crippen LogP contribution is -2.44. The Morgan fingerprint density at radius 2 is 2.21 bits per heavy atom. The first-order valence-electron chi connectivity index (χ1n) is 8.24. The Morgan fingerprint density at radius 3 is 2.92 bits per heavy atom. The minimum absolute atomic E-state index is 0.0218. The monoisotopic (exact) mass is 342 g/mol. The molecule has 2 saturated carbocycles. The Labute approximate surface area is 143 Å². The molecule has 2 aliphatic rings. The van der Waals surface area contributed by atoms with E-state index < -0.39 is 0 Å². The lowest BCUT2D eigenvalue weighted by molar-refractivity contribution is -0.122. The van der Waals surface area contributed by atoms with Crippen molar-refractivity contribution in [2.45, 2.75) is 44.2 Å². The zero-order valence-electron chi connectivity index (χ0n) is 13.1. The van der Waals surface area contributed by atoms with Crippen molar-refractivity contribution < 1.29 is 9.53 Å². The third-order valence-corrected chi connectivity index (χ3v) is 5.73. The highest BCUT2D eigenvalue weighted by atomic mass is 32.1. The Hall–Kier alpha value is -2.33. The number of nitriles is 1. The maximum absolute atomic E-state index is 12.3. The molecule has 24 heavy (non-hydrogen) atoms. The van der Waals surface area contributed by atoms with Gasteiger partial charge in [-0.2, -0.15) is 5.26 Å². The normalized spacial score (nSPS) is 23.0. The summed E-state index contributed by atoms with van der Waals surface area (Å²) in [6.45, 7) is 0. The summed E-state index contributed by atoms with van der Waals surface area (Å²) in [5.41, 5.74) is 0.852. The molecule has 0 atom stereocenters. The minimum atomic E-state index is -0.0476. The van der Waals surface area contributed by atoms with E-state index in [2.05, 4.69) is 15.6 Å². The average molecular weight is 342 g/mol. The van der Waals surface area contributed by atoms with Crippen LogP contribution in [0.25, 0.3) is 10.2 Å². The van der Waals surface area contributed by atoms with Crippen LogP contribution >= 0.6 is 11.3 Å². The number of nitrogens with one attached hydrogen (secondary N) is 2. The summed E-state index contributed by atoms with van der Waals surface area (Å²) in [4.78, 5) is 16.8. The highest BCUT2D eigenvalue weighted by molar-refractivity contribution is 7.22. The van der Waals surface area contributed by atoms with Crippen molar-refractivity contribution >= 4 is 32.6 Å². The van der Waals surface area contributed by atoms with Crippen LogP contribution in [0.1, 0.15) is 32.1 Å². The van der Waals surface area contributed by atoms with Crippen LogP contribution in [0.2, 0.25) is 0 Å². The summed E-state index contributed by atoms with van der Waals surface area (Å²) in [6.07, 6.45) is 7.08. The molecule has 2 aliphatic carbocycles. The maximum atomic E-state index is 12.3. The Morgan fingerprint density at radius 1 is 1.38 bits per heavy atom. The van der Waals surface area contributed by atoms with Gasteiger partial charge < -0.3 is 15.4 Å². The second-order valence-corrected chi connectivity index (χ2v) is 7.40. The van der Waals surface area contributed by atoms with E-state index in [1.807, 2.05) is 24.4 Å². The van der Waals surface area contributed by atoms with E-state index in [0.29, 0.717) is 24.1 Å². The van der Waals surface area contributed by atoms with Gasteiger partial charge in [0.05, 0.1) is 16.3 Å². The predicted molar refractivity (Wildman–Crippen MR) is 91.8 cm³/mol. The molecule has 7 heteroatoms. The van der Waals surface area contributed by atoms with Crippen LogP contribution in [0, 0.1) is 17.4 Å². The Bertz CT molecular complexity index is 803. The van der Waals surface area contributed by atoms with Crippen molar-refractivity contribution in [3.63, 3.8) is 0 Å². The van der Waals surface area contributed by atoms with Crippen molar-refractivity contribution in [1.29, 1.82) is 5.26 Å². The molecule has 1 aromatic heterocycles. The van der Waals surface area contributed by atoms with Crippen LogP contribution in [-0.4, -0.2) is 23.0 Å². The Kier molecular flexibility index (Phi) is 3.98. The van der Waals surface area contributed by atoms with Gasteiger partial charge in [-0.1, -0.05) is 17.4 Å². The van der Waals surface area contributed by atoms with E-state index in [1.54, 1.807) is 0 Å². The summed E-state index contributed by atoms with van der Waals surface area (Å²) in [7, 11) is 0. The fourth-order valence-electron chi connectivity index (χ4n) is 2.99. The smallest absolute Gasteiger partial charge is 0.229 e. The van der Waals surface area contributed by atoms with Gasteiger partial charge in [0.25, 0.3) is 0 Å². The summed E-state index contributed by atoms with van der Waals surface area (Å²) in [5.74, 6) is 0.789. The molecule has 2 N–H and O–H groups in total. The number of hydrogen-bond acceptors (Lipinski definition) is 6. The molecule has 1 heterocycles. The summed E-state index contributed by atoms with van der Waals surface area (Å²) >= 11 is 1.46. The molecule has 0 aliphatic heterocycles. The van der Waals surface area contributed by atoms with Gasteiger partial charge in [0.2, 0.25) is 5.91 Å². The van der Waals surface area contributed by atoms with Gasteiger partial charge in [-0.25, -0.2) is 4.98 Å². The number of benzene rings is 1. The fraction of sp³-hybridized carbons (Fsp3) is 0.471. The van der Waals surface area contributed by atoms with Gasteiger partial charge in [0, 0.05) is 12.0 Å². The molecule has 1 aromatic carbocycles. The van der Waals surface area contributed by atoms with E-state index in [4.69, 9.17) is 10.00 Å². The van der Waals surface area contributed by atoms with Gasteiger partial charge in [-0.05, 0) is 44.2 Å². The van der Waals surface area contributed by atoms with E-state index in [1.165, 1.54) is 17.8 Å². The van der Waals surface area contributed by atoms with Crippen LogP contribution in [0.5, 0.6) is 5.75 Å². The van der Waals surface area contributed by atoms with Crippen molar-refractivity contribution in [1.82, 2.24) is 10.3 Å². The lowest BCUT2D eigenvalue weighted by Gasteiger charge is -2.32. The number of nitrogens with zero attached hydrogens (tertiary/aromatic N) is 2. The van der Waals surface area contributed by atoms with Gasteiger partial charge in [0.15, 0.2) is 11.3 Å². The molecular formula is C17H18N4O2S. The van der Waals surface area contributed by atoms with Gasteiger partial charge in [-0.15, -0.1) is 0 Å². The third-order valence-electron chi connectivity index (χ3n) is 4.73. The van der Waals surface area contributed by atoms with Crippen LogP contribution in [0.4, 0.5) is 5.13 Å². The van der Waals surface area contributed by atoms with E-state index in [9.17, 15) is 4.79 Å². The second-order valence-electron chi connectivity index (χ2n) is 6.40. The van der Waals surface area contributed by atoms with Gasteiger partial charge in [-0.3, -0.25) is 4.79 Å². The van der Waals surface area contributed by atoms with E-state index in [0.717, 1.165) is 28.8 Å². The molecule has 2 fully saturated rings. The molecule has 4 rings (SSSR count). The highest BCUT2D eigenvalue weighted by Gasteiger charge is 2.34. The van der Waals surface area contributed by atoms with Crippen molar-refractivity contribution in [2.75, 3.05) is 5.32 Å². The number of amides is 1. The highest BCUT2D eigenvalue weighted by Crippen LogP contribution is 2.37.